The first-order valence-corrected chi connectivity index (χ1v) is 6.13. The van der Waals surface area contributed by atoms with Crippen LogP contribution in [0.1, 0.15) is 13.2 Å². The predicted octanol–water partition coefficient (Wildman–Crippen LogP) is -1.59. The second kappa shape index (κ2) is 4.63. The molecule has 0 aromatic carbocycles. The topological polar surface area (TPSA) is 140 Å². The SMILES string of the molecule is C[C@@H]1OC(n2cnc3c(N)ncnc32)[C@H](O)[C@H](O)[C@H]1O. The van der Waals surface area contributed by atoms with Gasteiger partial charge in [-0.25, -0.2) is 15.0 Å². The van der Waals surface area contributed by atoms with Gasteiger partial charge in [0.2, 0.25) is 0 Å². The first-order chi connectivity index (χ1) is 9.50. The van der Waals surface area contributed by atoms with E-state index < -0.39 is 30.6 Å². The lowest BCUT2D eigenvalue weighted by molar-refractivity contribution is -0.239. The molecule has 1 aliphatic heterocycles. The Kier molecular flexibility index (Phi) is 3.05. The van der Waals surface area contributed by atoms with Gasteiger partial charge in [0.25, 0.3) is 0 Å². The Hall–Kier alpha value is -1.81. The Bertz CT molecular complexity index is 632. The van der Waals surface area contributed by atoms with Crippen LogP contribution in [0.5, 0.6) is 0 Å². The maximum Gasteiger partial charge on any atom is 0.167 e. The summed E-state index contributed by atoms with van der Waals surface area (Å²) < 4.78 is 7.00. The van der Waals surface area contributed by atoms with Crippen molar-refractivity contribution in [1.82, 2.24) is 19.5 Å². The summed E-state index contributed by atoms with van der Waals surface area (Å²) >= 11 is 0. The van der Waals surface area contributed by atoms with Gasteiger partial charge in [0.05, 0.1) is 12.4 Å². The Labute approximate surface area is 113 Å². The lowest BCUT2D eigenvalue weighted by atomic mass is 9.99. The van der Waals surface area contributed by atoms with E-state index in [9.17, 15) is 15.3 Å². The van der Waals surface area contributed by atoms with E-state index in [1.165, 1.54) is 17.2 Å². The first kappa shape index (κ1) is 13.2. The van der Waals surface area contributed by atoms with E-state index in [1.807, 2.05) is 0 Å². The van der Waals surface area contributed by atoms with Crippen LogP contribution < -0.4 is 5.73 Å². The molecule has 108 valence electrons. The van der Waals surface area contributed by atoms with E-state index in [2.05, 4.69) is 15.0 Å². The lowest BCUT2D eigenvalue weighted by Crippen LogP contribution is -2.54. The summed E-state index contributed by atoms with van der Waals surface area (Å²) in [6.45, 7) is 1.61. The molecule has 2 aromatic rings. The Morgan fingerprint density at radius 3 is 2.65 bits per heavy atom. The van der Waals surface area contributed by atoms with E-state index in [1.54, 1.807) is 6.92 Å². The Balaban J connectivity index is 2.04. The minimum atomic E-state index is -1.32. The molecule has 20 heavy (non-hydrogen) atoms. The van der Waals surface area contributed by atoms with Crippen molar-refractivity contribution >= 4 is 17.0 Å². The number of anilines is 1. The smallest absolute Gasteiger partial charge is 0.167 e. The molecule has 5 N–H and O–H groups in total. The number of nitrogens with two attached hydrogens (primary N) is 1. The van der Waals surface area contributed by atoms with Crippen molar-refractivity contribution in [3.63, 3.8) is 0 Å². The highest BCUT2D eigenvalue weighted by molar-refractivity contribution is 5.81. The first-order valence-electron chi connectivity index (χ1n) is 6.13. The minimum Gasteiger partial charge on any atom is -0.388 e. The molecule has 0 aliphatic carbocycles. The molecule has 9 heteroatoms. The number of hydrogen-bond acceptors (Lipinski definition) is 8. The molecule has 3 heterocycles. The summed E-state index contributed by atoms with van der Waals surface area (Å²) in [5.41, 5.74) is 6.46. The summed E-state index contributed by atoms with van der Waals surface area (Å²) in [4.78, 5) is 12.0. The summed E-state index contributed by atoms with van der Waals surface area (Å²) in [5, 5.41) is 29.6. The zero-order chi connectivity index (χ0) is 14.4. The van der Waals surface area contributed by atoms with Crippen molar-refractivity contribution in [2.75, 3.05) is 5.73 Å². The fourth-order valence-electron chi connectivity index (χ4n) is 2.32. The molecule has 3 rings (SSSR count). The van der Waals surface area contributed by atoms with Crippen molar-refractivity contribution < 1.29 is 20.1 Å². The Morgan fingerprint density at radius 2 is 1.90 bits per heavy atom. The van der Waals surface area contributed by atoms with Crippen LogP contribution >= 0.6 is 0 Å². The number of nitrogens with zero attached hydrogens (tertiary/aromatic N) is 4. The van der Waals surface area contributed by atoms with Gasteiger partial charge in [0.1, 0.15) is 30.2 Å². The average Bonchev–Trinajstić information content (AvgIpc) is 2.86. The highest BCUT2D eigenvalue weighted by Crippen LogP contribution is 2.30. The van der Waals surface area contributed by atoms with Crippen molar-refractivity contribution in [3.8, 4) is 0 Å². The molecule has 0 radical (unpaired) electrons. The molecule has 1 unspecified atom stereocenters. The molecular formula is C11H15N5O4. The molecule has 0 amide bonds. The number of rotatable bonds is 1. The monoisotopic (exact) mass is 281 g/mol. The van der Waals surface area contributed by atoms with Crippen molar-refractivity contribution in [2.24, 2.45) is 0 Å². The van der Waals surface area contributed by atoms with Gasteiger partial charge in [-0.15, -0.1) is 0 Å². The van der Waals surface area contributed by atoms with E-state index in [4.69, 9.17) is 10.5 Å². The van der Waals surface area contributed by atoms with Crippen LogP contribution in [0.25, 0.3) is 11.2 Å². The van der Waals surface area contributed by atoms with Crippen molar-refractivity contribution in [3.05, 3.63) is 12.7 Å². The molecule has 9 nitrogen and oxygen atoms in total. The third-order valence-electron chi connectivity index (χ3n) is 3.49. The number of ether oxygens (including phenoxy) is 1. The van der Waals surface area contributed by atoms with E-state index in [0.717, 1.165) is 0 Å². The fraction of sp³-hybridized carbons (Fsp3) is 0.545. The largest absolute Gasteiger partial charge is 0.388 e. The quantitative estimate of drug-likeness (QED) is 0.490. The van der Waals surface area contributed by atoms with E-state index >= 15 is 0 Å². The number of aliphatic hydroxyl groups excluding tert-OH is 3. The number of nitrogen functional groups attached to an aromatic ring is 1. The Morgan fingerprint density at radius 1 is 1.15 bits per heavy atom. The van der Waals surface area contributed by atoms with Gasteiger partial charge in [-0.3, -0.25) is 4.57 Å². The molecule has 5 atom stereocenters. The highest BCUT2D eigenvalue weighted by Gasteiger charge is 2.43. The third kappa shape index (κ3) is 1.83. The molecule has 0 saturated carbocycles. The van der Waals surface area contributed by atoms with E-state index in [0.29, 0.717) is 11.2 Å². The van der Waals surface area contributed by atoms with Crippen LogP contribution in [0.2, 0.25) is 0 Å². The number of aromatic nitrogens is 4. The van der Waals surface area contributed by atoms with Gasteiger partial charge >= 0.3 is 0 Å². The van der Waals surface area contributed by atoms with Crippen LogP contribution in [0.3, 0.4) is 0 Å². The average molecular weight is 281 g/mol. The van der Waals surface area contributed by atoms with Crippen LogP contribution in [0.4, 0.5) is 5.82 Å². The number of fused-ring (bicyclic) bond motifs is 1. The van der Waals surface area contributed by atoms with Gasteiger partial charge in [-0.1, -0.05) is 0 Å². The summed E-state index contributed by atoms with van der Waals surface area (Å²) in [5.74, 6) is 0.215. The zero-order valence-corrected chi connectivity index (χ0v) is 10.7. The maximum atomic E-state index is 10.1. The highest BCUT2D eigenvalue weighted by atomic mass is 16.5. The van der Waals surface area contributed by atoms with E-state index in [-0.39, 0.29) is 5.82 Å². The van der Waals surface area contributed by atoms with Gasteiger partial charge in [0.15, 0.2) is 17.7 Å². The second-order valence-electron chi connectivity index (χ2n) is 4.79. The van der Waals surface area contributed by atoms with Gasteiger partial charge < -0.3 is 25.8 Å². The van der Waals surface area contributed by atoms with Crippen molar-refractivity contribution in [1.29, 1.82) is 0 Å². The third-order valence-corrected chi connectivity index (χ3v) is 3.49. The molecule has 1 aliphatic rings. The molecule has 1 saturated heterocycles. The molecule has 1 fully saturated rings. The van der Waals surface area contributed by atoms with Crippen LogP contribution in [-0.4, -0.2) is 59.3 Å². The zero-order valence-electron chi connectivity index (χ0n) is 10.7. The summed E-state index contributed by atoms with van der Waals surface area (Å²) in [7, 11) is 0. The fourth-order valence-corrected chi connectivity index (χ4v) is 2.32. The van der Waals surface area contributed by atoms with Gasteiger partial charge in [-0.05, 0) is 6.92 Å². The normalized spacial score (nSPS) is 34.5. The van der Waals surface area contributed by atoms with Crippen LogP contribution in [-0.2, 0) is 4.74 Å². The lowest BCUT2D eigenvalue weighted by Gasteiger charge is -2.39. The van der Waals surface area contributed by atoms with Gasteiger partial charge in [-0.2, -0.15) is 0 Å². The maximum absolute atomic E-state index is 10.1. The molecule has 0 spiro atoms. The van der Waals surface area contributed by atoms with Crippen LogP contribution in [0.15, 0.2) is 12.7 Å². The predicted molar refractivity (Wildman–Crippen MR) is 67.3 cm³/mol. The van der Waals surface area contributed by atoms with Crippen LogP contribution in [0, 0.1) is 0 Å². The molecular weight excluding hydrogens is 266 g/mol. The van der Waals surface area contributed by atoms with Gasteiger partial charge in [0, 0.05) is 0 Å². The number of imidazole rings is 1. The van der Waals surface area contributed by atoms with Crippen molar-refractivity contribution in [2.45, 2.75) is 37.6 Å². The standard InChI is InChI=1S/C11H15N5O4/c1-4-6(17)7(18)8(19)11(20-4)16-3-15-5-9(12)13-2-14-10(5)16/h2-4,6-8,11,17-19H,1H3,(H2,12,13,14)/t4-,6-,7+,8+,11?/m0/s1. The molecule has 0 bridgehead atoms. The summed E-state index contributed by atoms with van der Waals surface area (Å²) in [6.07, 6.45) is -2.66. The molecule has 2 aromatic heterocycles. The minimum absolute atomic E-state index is 0.215. The summed E-state index contributed by atoms with van der Waals surface area (Å²) in [6, 6.07) is 0. The number of aliphatic hydroxyl groups is 3. The second-order valence-corrected chi connectivity index (χ2v) is 4.79. The number of hydrogen-bond donors (Lipinski definition) is 4.